The Hall–Kier alpha value is -2.30. The minimum atomic E-state index is -1.03. The fraction of sp³-hybridized carbons (Fsp3) is 0.375. The number of nitrogens with one attached hydrogen (secondary N) is 1. The number of aliphatic carboxylic acids is 1. The first-order valence-electron chi connectivity index (χ1n) is 6.78. The lowest BCUT2D eigenvalue weighted by Gasteiger charge is -2.18. The Kier molecular flexibility index (Phi) is 5.96. The number of benzene rings is 1. The molecule has 0 aliphatic rings. The van der Waals surface area contributed by atoms with E-state index in [2.05, 4.69) is 5.32 Å². The van der Waals surface area contributed by atoms with E-state index in [1.54, 1.807) is 13.0 Å². The minimum absolute atomic E-state index is 0.0351. The summed E-state index contributed by atoms with van der Waals surface area (Å²) in [6.07, 6.45) is 1.84. The highest BCUT2D eigenvalue weighted by atomic mass is 16.5. The third-order valence-corrected chi connectivity index (χ3v) is 2.67. The molecule has 1 amide bonds. The molecule has 5 nitrogen and oxygen atoms in total. The molecule has 0 aromatic heterocycles. The largest absolute Gasteiger partial charge is 0.480 e. The van der Waals surface area contributed by atoms with E-state index in [4.69, 9.17) is 9.84 Å². The molecule has 2 N–H and O–H groups in total. The van der Waals surface area contributed by atoms with Crippen LogP contribution in [0.2, 0.25) is 0 Å². The van der Waals surface area contributed by atoms with Gasteiger partial charge in [-0.25, -0.2) is 4.79 Å². The number of rotatable bonds is 6. The Morgan fingerprint density at radius 1 is 1.29 bits per heavy atom. The predicted molar refractivity (Wildman–Crippen MR) is 81.2 cm³/mol. The van der Waals surface area contributed by atoms with Crippen molar-refractivity contribution in [3.63, 3.8) is 0 Å². The van der Waals surface area contributed by atoms with Crippen molar-refractivity contribution in [1.82, 2.24) is 5.32 Å². The van der Waals surface area contributed by atoms with E-state index in [-0.39, 0.29) is 11.9 Å². The van der Waals surface area contributed by atoms with Gasteiger partial charge in [-0.3, -0.25) is 4.79 Å². The van der Waals surface area contributed by atoms with Crippen LogP contribution in [-0.2, 0) is 9.59 Å². The smallest absolute Gasteiger partial charge is 0.328 e. The molecular formula is C16H21NO4. The lowest BCUT2D eigenvalue weighted by Crippen LogP contribution is -2.40. The molecule has 0 fully saturated rings. The average Bonchev–Trinajstić information content (AvgIpc) is 2.37. The summed E-state index contributed by atoms with van der Waals surface area (Å²) in [5.74, 6) is -0.767. The van der Waals surface area contributed by atoms with Crippen molar-refractivity contribution >= 4 is 18.0 Å². The Labute approximate surface area is 124 Å². The van der Waals surface area contributed by atoms with Gasteiger partial charge in [0, 0.05) is 17.7 Å². The lowest BCUT2D eigenvalue weighted by atomic mass is 10.1. The SMILES string of the molecule is Cc1ccc(OC(C)C(=O)NC(C)C)c(C=CC(=O)O)c1. The van der Waals surface area contributed by atoms with Crippen LogP contribution in [0.25, 0.3) is 6.08 Å². The second-order valence-corrected chi connectivity index (χ2v) is 5.14. The van der Waals surface area contributed by atoms with Crippen molar-refractivity contribution in [2.75, 3.05) is 0 Å². The molecule has 1 aromatic rings. The standard InChI is InChI=1S/C16H21NO4/c1-10(2)17-16(20)12(4)21-14-7-5-11(3)9-13(14)6-8-15(18)19/h5-10,12H,1-4H3,(H,17,20)(H,18,19). The van der Waals surface area contributed by atoms with E-state index in [9.17, 15) is 9.59 Å². The van der Waals surface area contributed by atoms with Crippen molar-refractivity contribution in [3.05, 3.63) is 35.4 Å². The van der Waals surface area contributed by atoms with Crippen molar-refractivity contribution in [2.45, 2.75) is 39.8 Å². The molecule has 1 unspecified atom stereocenters. The molecule has 5 heteroatoms. The maximum absolute atomic E-state index is 11.9. The highest BCUT2D eigenvalue weighted by molar-refractivity contribution is 5.86. The number of aryl methyl sites for hydroxylation is 1. The molecule has 0 bridgehead atoms. The fourth-order valence-electron chi connectivity index (χ4n) is 1.71. The number of carboxylic acids is 1. The van der Waals surface area contributed by atoms with Gasteiger partial charge in [0.2, 0.25) is 0 Å². The maximum Gasteiger partial charge on any atom is 0.328 e. The van der Waals surface area contributed by atoms with E-state index >= 15 is 0 Å². The van der Waals surface area contributed by atoms with Crippen molar-refractivity contribution in [3.8, 4) is 5.75 Å². The molecule has 1 rings (SSSR count). The highest BCUT2D eigenvalue weighted by Gasteiger charge is 2.16. The van der Waals surface area contributed by atoms with Gasteiger partial charge in [-0.05, 0) is 45.9 Å². The zero-order chi connectivity index (χ0) is 16.0. The van der Waals surface area contributed by atoms with E-state index in [1.165, 1.54) is 6.08 Å². The first kappa shape index (κ1) is 16.8. The Morgan fingerprint density at radius 2 is 1.95 bits per heavy atom. The van der Waals surface area contributed by atoms with Crippen molar-refractivity contribution in [1.29, 1.82) is 0 Å². The Bertz CT molecular complexity index is 549. The van der Waals surface area contributed by atoms with Gasteiger partial charge in [-0.2, -0.15) is 0 Å². The summed E-state index contributed by atoms with van der Waals surface area (Å²) < 4.78 is 5.64. The van der Waals surface area contributed by atoms with Gasteiger partial charge < -0.3 is 15.2 Å². The molecule has 0 saturated heterocycles. The summed E-state index contributed by atoms with van der Waals surface area (Å²) in [7, 11) is 0. The van der Waals surface area contributed by atoms with Gasteiger partial charge in [0.15, 0.2) is 6.10 Å². The molecule has 0 heterocycles. The molecule has 0 aliphatic carbocycles. The van der Waals surface area contributed by atoms with Gasteiger partial charge in [0.05, 0.1) is 0 Å². The average molecular weight is 291 g/mol. The monoisotopic (exact) mass is 291 g/mol. The van der Waals surface area contributed by atoms with Crippen LogP contribution in [0.15, 0.2) is 24.3 Å². The second kappa shape index (κ2) is 7.47. The van der Waals surface area contributed by atoms with Crippen LogP contribution in [0, 0.1) is 6.92 Å². The van der Waals surface area contributed by atoms with Crippen LogP contribution >= 0.6 is 0 Å². The first-order chi connectivity index (χ1) is 9.79. The molecule has 114 valence electrons. The number of amides is 1. The molecule has 0 aliphatic heterocycles. The van der Waals surface area contributed by atoms with Crippen LogP contribution in [0.1, 0.15) is 31.9 Å². The van der Waals surface area contributed by atoms with Gasteiger partial charge in [0.25, 0.3) is 5.91 Å². The zero-order valence-electron chi connectivity index (χ0n) is 12.7. The number of hydrogen-bond donors (Lipinski definition) is 2. The van der Waals surface area contributed by atoms with Gasteiger partial charge in [-0.1, -0.05) is 11.6 Å². The fourth-order valence-corrected chi connectivity index (χ4v) is 1.71. The highest BCUT2D eigenvalue weighted by Crippen LogP contribution is 2.22. The van der Waals surface area contributed by atoms with E-state index in [0.29, 0.717) is 11.3 Å². The van der Waals surface area contributed by atoms with Gasteiger partial charge >= 0.3 is 5.97 Å². The summed E-state index contributed by atoms with van der Waals surface area (Å²) in [5, 5.41) is 11.5. The van der Waals surface area contributed by atoms with Crippen LogP contribution < -0.4 is 10.1 Å². The number of carboxylic acid groups (broad SMARTS) is 1. The zero-order valence-corrected chi connectivity index (χ0v) is 12.7. The number of carbonyl (C=O) groups excluding carboxylic acids is 1. The van der Waals surface area contributed by atoms with E-state index in [1.807, 2.05) is 32.9 Å². The topological polar surface area (TPSA) is 75.6 Å². The first-order valence-corrected chi connectivity index (χ1v) is 6.78. The normalized spacial score (nSPS) is 12.4. The molecule has 21 heavy (non-hydrogen) atoms. The number of ether oxygens (including phenoxy) is 1. The molecule has 1 atom stereocenters. The molecular weight excluding hydrogens is 270 g/mol. The Morgan fingerprint density at radius 3 is 2.52 bits per heavy atom. The maximum atomic E-state index is 11.9. The molecule has 0 spiro atoms. The molecule has 0 saturated carbocycles. The van der Waals surface area contributed by atoms with Crippen molar-refractivity contribution in [2.24, 2.45) is 0 Å². The summed E-state index contributed by atoms with van der Waals surface area (Å²) in [5.41, 5.74) is 1.60. The minimum Gasteiger partial charge on any atom is -0.480 e. The Balaban J connectivity index is 2.92. The van der Waals surface area contributed by atoms with Crippen LogP contribution in [0.4, 0.5) is 0 Å². The summed E-state index contributed by atoms with van der Waals surface area (Å²) in [6, 6.07) is 5.42. The van der Waals surface area contributed by atoms with Crippen LogP contribution in [-0.4, -0.2) is 29.1 Å². The molecule has 1 aromatic carbocycles. The number of hydrogen-bond acceptors (Lipinski definition) is 3. The summed E-state index contributed by atoms with van der Waals surface area (Å²) in [6.45, 7) is 7.30. The van der Waals surface area contributed by atoms with E-state index in [0.717, 1.165) is 11.6 Å². The van der Waals surface area contributed by atoms with Crippen LogP contribution in [0.3, 0.4) is 0 Å². The second-order valence-electron chi connectivity index (χ2n) is 5.14. The molecule has 0 radical (unpaired) electrons. The van der Waals surface area contributed by atoms with E-state index < -0.39 is 12.1 Å². The lowest BCUT2D eigenvalue weighted by molar-refractivity contribution is -0.131. The number of carbonyl (C=O) groups is 2. The quantitative estimate of drug-likeness (QED) is 0.789. The van der Waals surface area contributed by atoms with Gasteiger partial charge in [0.1, 0.15) is 5.75 Å². The van der Waals surface area contributed by atoms with Gasteiger partial charge in [-0.15, -0.1) is 0 Å². The third-order valence-electron chi connectivity index (χ3n) is 2.67. The summed E-state index contributed by atoms with van der Waals surface area (Å²) in [4.78, 5) is 22.5. The summed E-state index contributed by atoms with van der Waals surface area (Å²) >= 11 is 0. The third kappa shape index (κ3) is 5.69. The van der Waals surface area contributed by atoms with Crippen LogP contribution in [0.5, 0.6) is 5.75 Å². The van der Waals surface area contributed by atoms with Crippen molar-refractivity contribution < 1.29 is 19.4 Å². The predicted octanol–water partition coefficient (Wildman–Crippen LogP) is 2.38.